The minimum Gasteiger partial charge on any atom is -0.491 e. The van der Waals surface area contributed by atoms with Crippen molar-refractivity contribution in [3.8, 4) is 5.75 Å². The summed E-state index contributed by atoms with van der Waals surface area (Å²) in [6, 6.07) is 1.37. The highest BCUT2D eigenvalue weighted by Crippen LogP contribution is 2.25. The fourth-order valence-electron chi connectivity index (χ4n) is 1.76. The molecule has 0 spiro atoms. The molecule has 2 rings (SSSR count). The summed E-state index contributed by atoms with van der Waals surface area (Å²) in [4.78, 5) is 17.9. The number of carbonyl (C=O) groups is 1. The summed E-state index contributed by atoms with van der Waals surface area (Å²) >= 11 is 1.45. The van der Waals surface area contributed by atoms with Gasteiger partial charge in [0.15, 0.2) is 22.5 Å². The van der Waals surface area contributed by atoms with E-state index in [1.807, 2.05) is 24.4 Å². The van der Waals surface area contributed by atoms with Gasteiger partial charge in [0.2, 0.25) is 0 Å². The molecule has 0 fully saturated rings. The third-order valence-corrected chi connectivity index (χ3v) is 3.87. The van der Waals surface area contributed by atoms with Gasteiger partial charge in [-0.25, -0.2) is 18.6 Å². The van der Waals surface area contributed by atoms with Gasteiger partial charge in [0, 0.05) is 37.3 Å². The fraction of sp³-hybridized carbons (Fsp3) is 0.286. The predicted molar refractivity (Wildman–Crippen MR) is 85.2 cm³/mol. The molecule has 6 nitrogen and oxygen atoms in total. The van der Waals surface area contributed by atoms with Gasteiger partial charge in [-0.2, -0.15) is 0 Å². The molecule has 9 heteroatoms. The number of rotatable bonds is 5. The molecule has 2 N–H and O–H groups in total. The van der Waals surface area contributed by atoms with E-state index in [-0.39, 0.29) is 12.2 Å². The van der Waals surface area contributed by atoms with Crippen LogP contribution in [0.15, 0.2) is 17.5 Å². The number of hydrogen-bond acceptors (Lipinski definition) is 5. The maximum Gasteiger partial charge on any atom is 0.319 e. The summed E-state index contributed by atoms with van der Waals surface area (Å²) in [7, 11) is 4.90. The number of halogens is 2. The van der Waals surface area contributed by atoms with Crippen LogP contribution in [0, 0.1) is 11.6 Å². The molecule has 0 aliphatic heterocycles. The van der Waals surface area contributed by atoms with Crippen LogP contribution in [0.5, 0.6) is 5.75 Å². The molecule has 2 amide bonds. The molecule has 0 aliphatic rings. The van der Waals surface area contributed by atoms with Crippen molar-refractivity contribution in [2.75, 3.05) is 31.4 Å². The second kappa shape index (κ2) is 7.23. The van der Waals surface area contributed by atoms with E-state index in [2.05, 4.69) is 20.4 Å². The van der Waals surface area contributed by atoms with Gasteiger partial charge in [0.25, 0.3) is 0 Å². The molecule has 1 aromatic heterocycles. The number of hydrogen-bond donors (Lipinski definition) is 2. The SMILES string of the molecule is COc1c(F)cc(NC(=O)NCc2csc(N(C)C)n2)cc1F. The van der Waals surface area contributed by atoms with E-state index >= 15 is 0 Å². The lowest BCUT2D eigenvalue weighted by atomic mass is 10.2. The normalized spacial score (nSPS) is 10.3. The van der Waals surface area contributed by atoms with Crippen molar-refractivity contribution in [2.45, 2.75) is 6.54 Å². The summed E-state index contributed by atoms with van der Waals surface area (Å²) in [6.45, 7) is 0.206. The molecule has 0 unspecified atom stereocenters. The second-order valence-corrected chi connectivity index (χ2v) is 5.63. The van der Waals surface area contributed by atoms with Gasteiger partial charge < -0.3 is 20.3 Å². The van der Waals surface area contributed by atoms with Crippen LogP contribution in [0.1, 0.15) is 5.69 Å². The summed E-state index contributed by atoms with van der Waals surface area (Å²) in [5, 5.41) is 7.56. The van der Waals surface area contributed by atoms with Crippen molar-refractivity contribution in [1.82, 2.24) is 10.3 Å². The Hall–Kier alpha value is -2.42. The van der Waals surface area contributed by atoms with Gasteiger partial charge in [-0.1, -0.05) is 0 Å². The Morgan fingerprint density at radius 1 is 1.35 bits per heavy atom. The molecule has 1 heterocycles. The number of methoxy groups -OCH3 is 1. The highest BCUT2D eigenvalue weighted by atomic mass is 32.1. The molecule has 2 aromatic rings. The Morgan fingerprint density at radius 2 is 2.00 bits per heavy atom. The Labute approximate surface area is 136 Å². The average Bonchev–Trinajstić information content (AvgIpc) is 2.94. The molecule has 1 aromatic carbocycles. The zero-order valence-electron chi connectivity index (χ0n) is 12.8. The summed E-state index contributed by atoms with van der Waals surface area (Å²) in [5.74, 6) is -2.27. The van der Waals surface area contributed by atoms with Gasteiger partial charge in [-0.3, -0.25) is 0 Å². The minimum absolute atomic E-state index is 0.00874. The summed E-state index contributed by atoms with van der Waals surface area (Å²) in [6.07, 6.45) is 0. The number of amides is 2. The molecule has 0 atom stereocenters. The molecule has 0 saturated heterocycles. The molecule has 124 valence electrons. The van der Waals surface area contributed by atoms with Crippen LogP contribution in [0.3, 0.4) is 0 Å². The molecular weight excluding hydrogens is 326 g/mol. The topological polar surface area (TPSA) is 66.5 Å². The predicted octanol–water partition coefficient (Wildman–Crippen LogP) is 2.82. The second-order valence-electron chi connectivity index (χ2n) is 4.80. The first-order chi connectivity index (χ1) is 10.9. The van der Waals surface area contributed by atoms with E-state index in [1.54, 1.807) is 0 Å². The van der Waals surface area contributed by atoms with E-state index in [0.29, 0.717) is 5.69 Å². The van der Waals surface area contributed by atoms with Crippen LogP contribution in [0.25, 0.3) is 0 Å². The zero-order valence-corrected chi connectivity index (χ0v) is 13.6. The van der Waals surface area contributed by atoms with Crippen molar-refractivity contribution in [2.24, 2.45) is 0 Å². The van der Waals surface area contributed by atoms with Crippen LogP contribution in [0.4, 0.5) is 24.4 Å². The number of benzene rings is 1. The number of ether oxygens (including phenoxy) is 1. The lowest BCUT2D eigenvalue weighted by molar-refractivity contribution is 0.251. The van der Waals surface area contributed by atoms with Crippen molar-refractivity contribution >= 4 is 28.2 Å². The molecule has 0 radical (unpaired) electrons. The number of carbonyl (C=O) groups excluding carboxylic acids is 1. The monoisotopic (exact) mass is 342 g/mol. The first-order valence-corrected chi connectivity index (χ1v) is 7.48. The number of thiazole rings is 1. The average molecular weight is 342 g/mol. The van der Waals surface area contributed by atoms with Crippen LogP contribution in [0.2, 0.25) is 0 Å². The van der Waals surface area contributed by atoms with Crippen LogP contribution >= 0.6 is 11.3 Å². The molecule has 0 bridgehead atoms. The third-order valence-electron chi connectivity index (χ3n) is 2.81. The Balaban J connectivity index is 1.94. The van der Waals surface area contributed by atoms with Crippen LogP contribution in [-0.2, 0) is 6.54 Å². The first kappa shape index (κ1) is 16.9. The van der Waals surface area contributed by atoms with E-state index in [0.717, 1.165) is 24.4 Å². The van der Waals surface area contributed by atoms with Crippen molar-refractivity contribution < 1.29 is 18.3 Å². The molecule has 0 saturated carbocycles. The highest BCUT2D eigenvalue weighted by Gasteiger charge is 2.13. The minimum atomic E-state index is -0.891. The van der Waals surface area contributed by atoms with E-state index < -0.39 is 23.4 Å². The Kier molecular flexibility index (Phi) is 5.32. The van der Waals surface area contributed by atoms with Crippen molar-refractivity contribution in [3.05, 3.63) is 34.8 Å². The summed E-state index contributed by atoms with van der Waals surface area (Å²) < 4.78 is 31.7. The smallest absolute Gasteiger partial charge is 0.319 e. The zero-order chi connectivity index (χ0) is 17.0. The Bertz CT molecular complexity index is 683. The highest BCUT2D eigenvalue weighted by molar-refractivity contribution is 7.13. The molecule has 23 heavy (non-hydrogen) atoms. The molecular formula is C14H16F2N4O2S. The lowest BCUT2D eigenvalue weighted by Crippen LogP contribution is -2.28. The van der Waals surface area contributed by atoms with Crippen molar-refractivity contribution in [1.29, 1.82) is 0 Å². The number of urea groups is 1. The maximum absolute atomic E-state index is 13.5. The van der Waals surface area contributed by atoms with Crippen LogP contribution in [-0.4, -0.2) is 32.2 Å². The molecule has 0 aliphatic carbocycles. The Morgan fingerprint density at radius 3 is 2.52 bits per heavy atom. The third kappa shape index (κ3) is 4.28. The number of nitrogens with zero attached hydrogens (tertiary/aromatic N) is 2. The number of anilines is 2. The van der Waals surface area contributed by atoms with E-state index in [1.165, 1.54) is 11.3 Å². The van der Waals surface area contributed by atoms with Crippen LogP contribution < -0.4 is 20.3 Å². The summed E-state index contributed by atoms with van der Waals surface area (Å²) in [5.41, 5.74) is 0.687. The van der Waals surface area contributed by atoms with Gasteiger partial charge in [0.05, 0.1) is 19.3 Å². The quantitative estimate of drug-likeness (QED) is 0.877. The van der Waals surface area contributed by atoms with Gasteiger partial charge >= 0.3 is 6.03 Å². The lowest BCUT2D eigenvalue weighted by Gasteiger charge is -2.09. The van der Waals surface area contributed by atoms with Gasteiger partial charge in [-0.15, -0.1) is 11.3 Å². The van der Waals surface area contributed by atoms with Gasteiger partial charge in [-0.05, 0) is 0 Å². The first-order valence-electron chi connectivity index (χ1n) is 6.60. The number of aromatic nitrogens is 1. The largest absolute Gasteiger partial charge is 0.491 e. The van der Waals surface area contributed by atoms with Crippen molar-refractivity contribution in [3.63, 3.8) is 0 Å². The fourth-order valence-corrected chi connectivity index (χ4v) is 2.51. The van der Waals surface area contributed by atoms with E-state index in [9.17, 15) is 13.6 Å². The number of nitrogens with one attached hydrogen (secondary N) is 2. The standard InChI is InChI=1S/C14H16F2N4O2S/c1-20(2)14-19-9(7-23-14)6-17-13(21)18-8-4-10(15)12(22-3)11(16)5-8/h4-5,7H,6H2,1-3H3,(H2,17,18,21). The van der Waals surface area contributed by atoms with Gasteiger partial charge in [0.1, 0.15) is 0 Å². The van der Waals surface area contributed by atoms with E-state index in [4.69, 9.17) is 0 Å². The maximum atomic E-state index is 13.5.